The first-order valence-electron chi connectivity index (χ1n) is 6.37. The minimum atomic E-state index is -1.00. The standard InChI is InChI=1S/C15H19NO4/c1-3-8-20-9-4-5-14(17)16-12-7-6-11(2)13(10-12)15(18)19/h3,6-7,10H,1,4-5,8-9H2,2H3,(H,16,17)(H,18,19). The lowest BCUT2D eigenvalue weighted by Crippen LogP contribution is -2.13. The maximum absolute atomic E-state index is 11.7. The molecule has 1 amide bonds. The molecule has 0 aromatic heterocycles. The van der Waals surface area contributed by atoms with Gasteiger partial charge in [-0.15, -0.1) is 6.58 Å². The lowest BCUT2D eigenvalue weighted by Gasteiger charge is -2.08. The van der Waals surface area contributed by atoms with E-state index in [0.717, 1.165) is 0 Å². The second-order valence-corrected chi connectivity index (χ2v) is 4.35. The third-order valence-electron chi connectivity index (χ3n) is 2.68. The van der Waals surface area contributed by atoms with Crippen molar-refractivity contribution >= 4 is 17.6 Å². The SMILES string of the molecule is C=CCOCCCC(=O)Nc1ccc(C)c(C(=O)O)c1. The summed E-state index contributed by atoms with van der Waals surface area (Å²) in [4.78, 5) is 22.7. The van der Waals surface area contributed by atoms with Crippen LogP contribution < -0.4 is 5.32 Å². The zero-order valence-electron chi connectivity index (χ0n) is 11.5. The van der Waals surface area contributed by atoms with Crippen LogP contribution in [0.15, 0.2) is 30.9 Å². The molecule has 0 heterocycles. The number of ether oxygens (including phenoxy) is 1. The summed E-state index contributed by atoms with van der Waals surface area (Å²) in [5.41, 5.74) is 1.34. The van der Waals surface area contributed by atoms with Crippen molar-refractivity contribution in [1.82, 2.24) is 0 Å². The number of aromatic carboxylic acids is 1. The fourth-order valence-electron chi connectivity index (χ4n) is 1.66. The lowest BCUT2D eigenvalue weighted by atomic mass is 10.1. The molecule has 0 aliphatic rings. The van der Waals surface area contributed by atoms with Gasteiger partial charge in [-0.1, -0.05) is 12.1 Å². The van der Waals surface area contributed by atoms with Crippen molar-refractivity contribution in [2.75, 3.05) is 18.5 Å². The maximum Gasteiger partial charge on any atom is 0.336 e. The van der Waals surface area contributed by atoms with Crippen molar-refractivity contribution in [2.45, 2.75) is 19.8 Å². The number of anilines is 1. The molecule has 0 fully saturated rings. The monoisotopic (exact) mass is 277 g/mol. The molecule has 0 saturated heterocycles. The quantitative estimate of drug-likeness (QED) is 0.565. The summed E-state index contributed by atoms with van der Waals surface area (Å²) in [5, 5.41) is 11.7. The number of hydrogen-bond acceptors (Lipinski definition) is 3. The Morgan fingerprint density at radius 2 is 2.20 bits per heavy atom. The van der Waals surface area contributed by atoms with E-state index in [1.807, 2.05) is 0 Å². The maximum atomic E-state index is 11.7. The summed E-state index contributed by atoms with van der Waals surface area (Å²) in [6, 6.07) is 4.82. The molecule has 108 valence electrons. The molecule has 0 unspecified atom stereocenters. The van der Waals surface area contributed by atoms with Crippen molar-refractivity contribution in [1.29, 1.82) is 0 Å². The average Bonchev–Trinajstić information content (AvgIpc) is 2.40. The van der Waals surface area contributed by atoms with Gasteiger partial charge in [0.1, 0.15) is 0 Å². The lowest BCUT2D eigenvalue weighted by molar-refractivity contribution is -0.116. The first kappa shape index (κ1) is 15.9. The molecule has 1 aromatic rings. The number of rotatable bonds is 8. The van der Waals surface area contributed by atoms with E-state index in [4.69, 9.17) is 9.84 Å². The number of hydrogen-bond donors (Lipinski definition) is 2. The highest BCUT2D eigenvalue weighted by molar-refractivity contribution is 5.94. The number of amides is 1. The number of carbonyl (C=O) groups excluding carboxylic acids is 1. The van der Waals surface area contributed by atoms with Crippen molar-refractivity contribution in [3.05, 3.63) is 42.0 Å². The van der Waals surface area contributed by atoms with Crippen LogP contribution in [-0.4, -0.2) is 30.2 Å². The number of aryl methyl sites for hydroxylation is 1. The molecule has 2 N–H and O–H groups in total. The van der Waals surface area contributed by atoms with Gasteiger partial charge in [0, 0.05) is 18.7 Å². The summed E-state index contributed by atoms with van der Waals surface area (Å²) >= 11 is 0. The summed E-state index contributed by atoms with van der Waals surface area (Å²) in [7, 11) is 0. The molecule has 0 aliphatic carbocycles. The van der Waals surface area contributed by atoms with Gasteiger partial charge in [-0.05, 0) is 31.0 Å². The molecular formula is C15H19NO4. The van der Waals surface area contributed by atoms with Gasteiger partial charge in [0.05, 0.1) is 12.2 Å². The highest BCUT2D eigenvalue weighted by atomic mass is 16.5. The van der Waals surface area contributed by atoms with E-state index in [2.05, 4.69) is 11.9 Å². The fourth-order valence-corrected chi connectivity index (χ4v) is 1.66. The van der Waals surface area contributed by atoms with Crippen molar-refractivity contribution in [3.8, 4) is 0 Å². The fraction of sp³-hybridized carbons (Fsp3) is 0.333. The number of benzene rings is 1. The predicted octanol–water partition coefficient (Wildman–Crippen LogP) is 2.61. The summed E-state index contributed by atoms with van der Waals surface area (Å²) in [6.45, 7) is 6.21. The van der Waals surface area contributed by atoms with E-state index in [0.29, 0.717) is 37.3 Å². The molecule has 0 bridgehead atoms. The van der Waals surface area contributed by atoms with E-state index >= 15 is 0 Å². The van der Waals surface area contributed by atoms with Gasteiger partial charge in [0.25, 0.3) is 0 Å². The Balaban J connectivity index is 2.47. The van der Waals surface area contributed by atoms with E-state index in [1.165, 1.54) is 6.07 Å². The highest BCUT2D eigenvalue weighted by Gasteiger charge is 2.09. The van der Waals surface area contributed by atoms with Crippen LogP contribution in [0.2, 0.25) is 0 Å². The molecule has 0 spiro atoms. The van der Waals surface area contributed by atoms with Gasteiger partial charge in [0.15, 0.2) is 0 Å². The van der Waals surface area contributed by atoms with E-state index in [1.54, 1.807) is 25.1 Å². The van der Waals surface area contributed by atoms with Gasteiger partial charge >= 0.3 is 5.97 Å². The van der Waals surface area contributed by atoms with Crippen LogP contribution in [0.3, 0.4) is 0 Å². The van der Waals surface area contributed by atoms with Crippen LogP contribution in [0.5, 0.6) is 0 Å². The Hall–Kier alpha value is -2.14. The van der Waals surface area contributed by atoms with Gasteiger partial charge in [0.2, 0.25) is 5.91 Å². The number of nitrogens with one attached hydrogen (secondary N) is 1. The first-order chi connectivity index (χ1) is 9.54. The van der Waals surface area contributed by atoms with E-state index < -0.39 is 5.97 Å². The zero-order valence-corrected chi connectivity index (χ0v) is 11.5. The summed E-state index contributed by atoms with van der Waals surface area (Å²) in [6.07, 6.45) is 2.59. The van der Waals surface area contributed by atoms with Crippen LogP contribution in [0.25, 0.3) is 0 Å². The number of carboxylic acids is 1. The Kier molecular flexibility index (Phi) is 6.46. The third-order valence-corrected chi connectivity index (χ3v) is 2.68. The van der Waals surface area contributed by atoms with Crippen molar-refractivity contribution < 1.29 is 19.4 Å². The average molecular weight is 277 g/mol. The van der Waals surface area contributed by atoms with Crippen LogP contribution in [0.1, 0.15) is 28.8 Å². The Labute approximate surface area is 118 Å². The molecule has 0 aliphatic heterocycles. The van der Waals surface area contributed by atoms with E-state index in [-0.39, 0.29) is 11.5 Å². The largest absolute Gasteiger partial charge is 0.478 e. The second-order valence-electron chi connectivity index (χ2n) is 4.35. The predicted molar refractivity (Wildman–Crippen MR) is 77.0 cm³/mol. The van der Waals surface area contributed by atoms with Gasteiger partial charge < -0.3 is 15.2 Å². The Morgan fingerprint density at radius 1 is 1.45 bits per heavy atom. The molecule has 0 radical (unpaired) electrons. The van der Waals surface area contributed by atoms with Gasteiger partial charge in [-0.2, -0.15) is 0 Å². The Morgan fingerprint density at radius 3 is 2.85 bits per heavy atom. The van der Waals surface area contributed by atoms with Crippen LogP contribution in [0.4, 0.5) is 5.69 Å². The highest BCUT2D eigenvalue weighted by Crippen LogP contribution is 2.15. The molecule has 5 nitrogen and oxygen atoms in total. The van der Waals surface area contributed by atoms with Crippen LogP contribution >= 0.6 is 0 Å². The topological polar surface area (TPSA) is 75.6 Å². The molecular weight excluding hydrogens is 258 g/mol. The first-order valence-corrected chi connectivity index (χ1v) is 6.37. The van der Waals surface area contributed by atoms with Crippen molar-refractivity contribution in [2.24, 2.45) is 0 Å². The van der Waals surface area contributed by atoms with Gasteiger partial charge in [-0.25, -0.2) is 4.79 Å². The van der Waals surface area contributed by atoms with E-state index in [9.17, 15) is 9.59 Å². The second kappa shape index (κ2) is 8.12. The third kappa shape index (κ3) is 5.24. The normalized spacial score (nSPS) is 10.1. The van der Waals surface area contributed by atoms with Crippen molar-refractivity contribution in [3.63, 3.8) is 0 Å². The molecule has 0 atom stereocenters. The smallest absolute Gasteiger partial charge is 0.336 e. The molecule has 0 saturated carbocycles. The minimum Gasteiger partial charge on any atom is -0.478 e. The molecule has 5 heteroatoms. The minimum absolute atomic E-state index is 0.160. The van der Waals surface area contributed by atoms with Crippen LogP contribution in [0, 0.1) is 6.92 Å². The molecule has 1 rings (SSSR count). The molecule has 20 heavy (non-hydrogen) atoms. The molecule has 1 aromatic carbocycles. The number of carbonyl (C=O) groups is 2. The van der Waals surface area contributed by atoms with Gasteiger partial charge in [-0.3, -0.25) is 4.79 Å². The number of carboxylic acid groups (broad SMARTS) is 1. The Bertz CT molecular complexity index is 497. The summed E-state index contributed by atoms with van der Waals surface area (Å²) < 4.78 is 5.17. The van der Waals surface area contributed by atoms with Crippen LogP contribution in [-0.2, 0) is 9.53 Å². The zero-order chi connectivity index (χ0) is 15.0. The summed E-state index contributed by atoms with van der Waals surface area (Å²) in [5.74, 6) is -1.16.